The summed E-state index contributed by atoms with van der Waals surface area (Å²) in [5, 5.41) is 8.58. The Bertz CT molecular complexity index is 787. The summed E-state index contributed by atoms with van der Waals surface area (Å²) in [5.74, 6) is -0.388. The van der Waals surface area contributed by atoms with Gasteiger partial charge in [0.1, 0.15) is 12.3 Å². The number of nitriles is 1. The molecule has 1 aliphatic heterocycles. The maximum Gasteiger partial charge on any atom is 0.307 e. The molecule has 0 atom stereocenters. The van der Waals surface area contributed by atoms with Crippen LogP contribution in [0, 0.1) is 11.3 Å². The smallest absolute Gasteiger partial charge is 0.307 e. The van der Waals surface area contributed by atoms with Gasteiger partial charge in [0.25, 0.3) is 5.91 Å². The number of benzene rings is 1. The second kappa shape index (κ2) is 11.1. The molecule has 29 heavy (non-hydrogen) atoms. The molecular formula is C21H27N3O5. The van der Waals surface area contributed by atoms with Gasteiger partial charge < -0.3 is 19.3 Å². The second-order valence-electron chi connectivity index (χ2n) is 6.56. The fourth-order valence-electron chi connectivity index (χ4n) is 3.12. The van der Waals surface area contributed by atoms with Crippen LogP contribution < -0.4 is 9.64 Å². The number of ether oxygens (including phenoxy) is 2. The summed E-state index contributed by atoms with van der Waals surface area (Å²) >= 11 is 0. The molecule has 2 rings (SSSR count). The first-order chi connectivity index (χ1) is 14.0. The van der Waals surface area contributed by atoms with Gasteiger partial charge in [0.05, 0.1) is 37.0 Å². The van der Waals surface area contributed by atoms with E-state index in [2.05, 4.69) is 6.07 Å². The molecule has 8 nitrogen and oxygen atoms in total. The van der Waals surface area contributed by atoms with E-state index in [0.717, 1.165) is 12.8 Å². The molecule has 1 aromatic rings. The van der Waals surface area contributed by atoms with Crippen molar-refractivity contribution in [3.05, 3.63) is 23.8 Å². The number of nitrogens with zero attached hydrogens (tertiary/aromatic N) is 3. The first-order valence-corrected chi connectivity index (χ1v) is 9.90. The van der Waals surface area contributed by atoms with Crippen LogP contribution in [0.15, 0.2) is 18.2 Å². The van der Waals surface area contributed by atoms with Crippen molar-refractivity contribution in [2.24, 2.45) is 0 Å². The number of carbonyl (C=O) groups is 3. The van der Waals surface area contributed by atoms with Gasteiger partial charge >= 0.3 is 5.97 Å². The number of fused-ring (bicyclic) bond motifs is 1. The van der Waals surface area contributed by atoms with Gasteiger partial charge in [0.2, 0.25) is 5.91 Å². The minimum atomic E-state index is -0.404. The molecule has 8 heteroatoms. The minimum absolute atomic E-state index is 0.0312. The highest BCUT2D eigenvalue weighted by atomic mass is 16.5. The SMILES string of the molecule is CCOC(=O)CCN1CC(=O)N(CC)c2ccc(OCCCCC#N)cc2C1=O. The van der Waals surface area contributed by atoms with Gasteiger partial charge in [0.15, 0.2) is 0 Å². The third kappa shape index (κ3) is 5.95. The van der Waals surface area contributed by atoms with Crippen LogP contribution >= 0.6 is 0 Å². The maximum absolute atomic E-state index is 13.1. The molecule has 1 aliphatic rings. The molecule has 1 heterocycles. The molecule has 0 aliphatic carbocycles. The predicted octanol–water partition coefficient (Wildman–Crippen LogP) is 2.52. The molecule has 0 unspecified atom stereocenters. The quantitative estimate of drug-likeness (QED) is 0.441. The van der Waals surface area contributed by atoms with Crippen molar-refractivity contribution >= 4 is 23.5 Å². The highest BCUT2D eigenvalue weighted by molar-refractivity contribution is 6.09. The number of unbranched alkanes of at least 4 members (excludes halogenated alkanes) is 2. The van der Waals surface area contributed by atoms with Crippen LogP contribution in [0.3, 0.4) is 0 Å². The molecule has 0 bridgehead atoms. The molecule has 0 saturated carbocycles. The number of esters is 1. The van der Waals surface area contributed by atoms with E-state index in [0.29, 0.717) is 36.6 Å². The number of anilines is 1. The van der Waals surface area contributed by atoms with Gasteiger partial charge in [-0.1, -0.05) is 0 Å². The number of hydrogen-bond donors (Lipinski definition) is 0. The topological polar surface area (TPSA) is 99.9 Å². The molecule has 0 aromatic heterocycles. The van der Waals surface area contributed by atoms with Crippen molar-refractivity contribution in [3.63, 3.8) is 0 Å². The van der Waals surface area contributed by atoms with Crippen LogP contribution in [-0.2, 0) is 14.3 Å². The molecule has 0 N–H and O–H groups in total. The molecular weight excluding hydrogens is 374 g/mol. The zero-order chi connectivity index (χ0) is 21.2. The van der Waals surface area contributed by atoms with Gasteiger partial charge in [-0.15, -0.1) is 0 Å². The van der Waals surface area contributed by atoms with E-state index in [1.807, 2.05) is 6.92 Å². The zero-order valence-corrected chi connectivity index (χ0v) is 17.0. The third-order valence-corrected chi connectivity index (χ3v) is 4.56. The lowest BCUT2D eigenvalue weighted by molar-refractivity contribution is -0.143. The Morgan fingerprint density at radius 3 is 2.72 bits per heavy atom. The van der Waals surface area contributed by atoms with E-state index in [9.17, 15) is 14.4 Å². The predicted molar refractivity (Wildman–Crippen MR) is 107 cm³/mol. The summed E-state index contributed by atoms with van der Waals surface area (Å²) in [7, 11) is 0. The highest BCUT2D eigenvalue weighted by Gasteiger charge is 2.31. The van der Waals surface area contributed by atoms with Gasteiger partial charge in [-0.3, -0.25) is 14.4 Å². The Hall–Kier alpha value is -3.08. The Labute approximate surface area is 171 Å². The molecule has 0 fully saturated rings. The van der Waals surface area contributed by atoms with Crippen molar-refractivity contribution in [1.29, 1.82) is 5.26 Å². The second-order valence-corrected chi connectivity index (χ2v) is 6.56. The van der Waals surface area contributed by atoms with Crippen molar-refractivity contribution in [2.75, 3.05) is 37.7 Å². The average Bonchev–Trinajstić information content (AvgIpc) is 2.81. The van der Waals surface area contributed by atoms with Crippen molar-refractivity contribution in [1.82, 2.24) is 4.90 Å². The van der Waals surface area contributed by atoms with E-state index in [1.165, 1.54) is 4.90 Å². The van der Waals surface area contributed by atoms with Crippen LogP contribution in [0.2, 0.25) is 0 Å². The van der Waals surface area contributed by atoms with Gasteiger partial charge in [-0.05, 0) is 44.9 Å². The lowest BCUT2D eigenvalue weighted by Crippen LogP contribution is -2.40. The summed E-state index contributed by atoms with van der Waals surface area (Å²) in [5.41, 5.74) is 0.911. The Balaban J connectivity index is 2.19. The van der Waals surface area contributed by atoms with Crippen LogP contribution in [0.4, 0.5) is 5.69 Å². The van der Waals surface area contributed by atoms with Crippen LogP contribution in [0.1, 0.15) is 49.9 Å². The molecule has 156 valence electrons. The summed E-state index contributed by atoms with van der Waals surface area (Å²) in [6, 6.07) is 7.18. The Morgan fingerprint density at radius 1 is 1.24 bits per heavy atom. The normalized spacial score (nSPS) is 13.6. The van der Waals surface area contributed by atoms with E-state index in [-0.39, 0.29) is 37.9 Å². The van der Waals surface area contributed by atoms with E-state index < -0.39 is 5.97 Å². The zero-order valence-electron chi connectivity index (χ0n) is 17.0. The van der Waals surface area contributed by atoms with Gasteiger partial charge in [-0.25, -0.2) is 0 Å². The van der Waals surface area contributed by atoms with E-state index >= 15 is 0 Å². The summed E-state index contributed by atoms with van der Waals surface area (Å²) in [4.78, 5) is 40.4. The number of amides is 2. The first-order valence-electron chi connectivity index (χ1n) is 9.90. The molecule has 2 amide bonds. The Morgan fingerprint density at radius 2 is 2.03 bits per heavy atom. The summed E-state index contributed by atoms with van der Waals surface area (Å²) in [6.45, 7) is 4.73. The summed E-state index contributed by atoms with van der Waals surface area (Å²) in [6.07, 6.45) is 2.00. The summed E-state index contributed by atoms with van der Waals surface area (Å²) < 4.78 is 10.6. The van der Waals surface area contributed by atoms with Gasteiger partial charge in [-0.2, -0.15) is 5.26 Å². The van der Waals surface area contributed by atoms with Crippen molar-refractivity contribution < 1.29 is 23.9 Å². The van der Waals surface area contributed by atoms with Crippen molar-refractivity contribution in [3.8, 4) is 11.8 Å². The first kappa shape index (κ1) is 22.2. The standard InChI is InChI=1S/C21H27N3O5/c1-3-24-18-9-8-16(29-13-7-5-6-11-22)14-17(18)21(27)23(15-19(24)25)12-10-20(26)28-4-2/h8-9,14H,3-7,10,12-13,15H2,1-2H3. The third-order valence-electron chi connectivity index (χ3n) is 4.56. The van der Waals surface area contributed by atoms with Crippen LogP contribution in [0.25, 0.3) is 0 Å². The lowest BCUT2D eigenvalue weighted by atomic mass is 10.1. The van der Waals surface area contributed by atoms with Crippen LogP contribution in [-0.4, -0.2) is 55.5 Å². The number of carbonyl (C=O) groups excluding carboxylic acids is 3. The lowest BCUT2D eigenvalue weighted by Gasteiger charge is -2.21. The molecule has 1 aromatic carbocycles. The average molecular weight is 401 g/mol. The number of hydrogen-bond acceptors (Lipinski definition) is 6. The van der Waals surface area contributed by atoms with Crippen LogP contribution in [0.5, 0.6) is 5.75 Å². The maximum atomic E-state index is 13.1. The number of rotatable bonds is 10. The largest absolute Gasteiger partial charge is 0.494 e. The minimum Gasteiger partial charge on any atom is -0.494 e. The monoisotopic (exact) mass is 401 g/mol. The fourth-order valence-corrected chi connectivity index (χ4v) is 3.12. The number of likely N-dealkylation sites (N-methyl/N-ethyl adjacent to an activating group) is 1. The molecule has 0 spiro atoms. The van der Waals surface area contributed by atoms with Crippen molar-refractivity contribution in [2.45, 2.75) is 39.5 Å². The van der Waals surface area contributed by atoms with Gasteiger partial charge in [0, 0.05) is 19.5 Å². The fraction of sp³-hybridized carbons (Fsp3) is 0.524. The van der Waals surface area contributed by atoms with E-state index in [1.54, 1.807) is 30.0 Å². The molecule has 0 saturated heterocycles. The highest BCUT2D eigenvalue weighted by Crippen LogP contribution is 2.29. The molecule has 0 radical (unpaired) electrons. The Kier molecular flexibility index (Phi) is 8.46. The van der Waals surface area contributed by atoms with E-state index in [4.69, 9.17) is 14.7 Å².